The predicted octanol–water partition coefficient (Wildman–Crippen LogP) is 3.53. The summed E-state index contributed by atoms with van der Waals surface area (Å²) in [5.41, 5.74) is 6.06. The van der Waals surface area contributed by atoms with E-state index in [1.807, 2.05) is 0 Å². The Bertz CT molecular complexity index is 581. The first kappa shape index (κ1) is 16.8. The van der Waals surface area contributed by atoms with E-state index < -0.39 is 10.0 Å². The van der Waals surface area contributed by atoms with Crippen molar-refractivity contribution in [1.29, 1.82) is 0 Å². The summed E-state index contributed by atoms with van der Waals surface area (Å²) in [7, 11) is -3.52. The van der Waals surface area contributed by atoms with Crippen LogP contribution in [0.4, 0.5) is 5.69 Å². The SMILES string of the molecule is CC1CCC(CCNS(=O)(=O)c2ccc(Br)cc2N)CC1. The molecule has 4 nitrogen and oxygen atoms in total. The van der Waals surface area contributed by atoms with Gasteiger partial charge in [-0.3, -0.25) is 0 Å². The van der Waals surface area contributed by atoms with Gasteiger partial charge in [-0.2, -0.15) is 0 Å². The first-order chi connectivity index (χ1) is 9.88. The molecule has 1 aromatic carbocycles. The third kappa shape index (κ3) is 4.69. The van der Waals surface area contributed by atoms with Crippen LogP contribution < -0.4 is 10.5 Å². The molecule has 1 saturated carbocycles. The highest BCUT2D eigenvalue weighted by atomic mass is 79.9. The van der Waals surface area contributed by atoms with Crippen molar-refractivity contribution >= 4 is 31.6 Å². The molecule has 1 fully saturated rings. The molecule has 0 saturated heterocycles. The highest BCUT2D eigenvalue weighted by molar-refractivity contribution is 9.10. The molecule has 0 unspecified atom stereocenters. The third-order valence-corrected chi connectivity index (χ3v) is 6.27. The maximum absolute atomic E-state index is 12.3. The van der Waals surface area contributed by atoms with E-state index in [4.69, 9.17) is 5.73 Å². The highest BCUT2D eigenvalue weighted by Gasteiger charge is 2.20. The lowest BCUT2D eigenvalue weighted by Gasteiger charge is -2.26. The van der Waals surface area contributed by atoms with Crippen molar-refractivity contribution in [2.45, 2.75) is 43.9 Å². The van der Waals surface area contributed by atoms with Crippen molar-refractivity contribution < 1.29 is 8.42 Å². The molecule has 1 aliphatic carbocycles. The Balaban J connectivity index is 1.89. The fourth-order valence-electron chi connectivity index (χ4n) is 2.86. The second-order valence-corrected chi connectivity index (χ2v) is 8.65. The zero-order valence-corrected chi connectivity index (χ0v) is 14.7. The lowest BCUT2D eigenvalue weighted by Crippen LogP contribution is -2.27. The average molecular weight is 375 g/mol. The molecule has 1 aromatic rings. The summed E-state index contributed by atoms with van der Waals surface area (Å²) < 4.78 is 27.9. The van der Waals surface area contributed by atoms with Crippen molar-refractivity contribution in [3.05, 3.63) is 22.7 Å². The molecule has 0 amide bonds. The Morgan fingerprint density at radius 3 is 2.57 bits per heavy atom. The van der Waals surface area contributed by atoms with Crippen molar-refractivity contribution in [3.63, 3.8) is 0 Å². The van der Waals surface area contributed by atoms with E-state index in [1.165, 1.54) is 31.7 Å². The van der Waals surface area contributed by atoms with Gasteiger partial charge in [-0.1, -0.05) is 48.5 Å². The molecule has 3 N–H and O–H groups in total. The van der Waals surface area contributed by atoms with Crippen LogP contribution in [-0.4, -0.2) is 15.0 Å². The second-order valence-electron chi connectivity index (χ2n) is 5.99. The van der Waals surface area contributed by atoms with Crippen molar-refractivity contribution in [1.82, 2.24) is 4.72 Å². The maximum atomic E-state index is 12.3. The molecular weight excluding hydrogens is 352 g/mol. The van der Waals surface area contributed by atoms with Crippen molar-refractivity contribution in [3.8, 4) is 0 Å². The van der Waals surface area contributed by atoms with Gasteiger partial charge < -0.3 is 5.73 Å². The number of nitrogen functional groups attached to an aromatic ring is 1. The van der Waals surface area contributed by atoms with Gasteiger partial charge in [-0.25, -0.2) is 13.1 Å². The number of nitrogens with one attached hydrogen (secondary N) is 1. The second kappa shape index (κ2) is 7.11. The molecule has 0 aromatic heterocycles. The van der Waals surface area contributed by atoms with Gasteiger partial charge in [-0.15, -0.1) is 0 Å². The van der Waals surface area contributed by atoms with Crippen LogP contribution >= 0.6 is 15.9 Å². The topological polar surface area (TPSA) is 72.2 Å². The number of nitrogens with two attached hydrogens (primary N) is 1. The third-order valence-electron chi connectivity index (χ3n) is 4.24. The monoisotopic (exact) mass is 374 g/mol. The van der Waals surface area contributed by atoms with Gasteiger partial charge in [0.1, 0.15) is 4.90 Å². The van der Waals surface area contributed by atoms with Gasteiger partial charge in [-0.05, 0) is 36.5 Å². The summed E-state index contributed by atoms with van der Waals surface area (Å²) in [6, 6.07) is 4.83. The Kier molecular flexibility index (Phi) is 5.68. The van der Waals surface area contributed by atoms with E-state index in [2.05, 4.69) is 27.6 Å². The maximum Gasteiger partial charge on any atom is 0.242 e. The quantitative estimate of drug-likeness (QED) is 0.774. The van der Waals surface area contributed by atoms with E-state index in [-0.39, 0.29) is 10.6 Å². The Morgan fingerprint density at radius 2 is 1.95 bits per heavy atom. The summed E-state index contributed by atoms with van der Waals surface area (Å²) in [4.78, 5) is 0.156. The molecular formula is C15H23BrN2O2S. The Morgan fingerprint density at radius 1 is 1.29 bits per heavy atom. The molecule has 21 heavy (non-hydrogen) atoms. The first-order valence-corrected chi connectivity index (χ1v) is 9.71. The Labute approximate surface area is 135 Å². The summed E-state index contributed by atoms with van der Waals surface area (Å²) >= 11 is 3.28. The van der Waals surface area contributed by atoms with Crippen LogP contribution in [0.1, 0.15) is 39.0 Å². The van der Waals surface area contributed by atoms with Crippen LogP contribution in [0.15, 0.2) is 27.6 Å². The van der Waals surface area contributed by atoms with Gasteiger partial charge in [0.2, 0.25) is 10.0 Å². The minimum absolute atomic E-state index is 0.156. The largest absolute Gasteiger partial charge is 0.398 e. The fourth-order valence-corrected chi connectivity index (χ4v) is 4.39. The first-order valence-electron chi connectivity index (χ1n) is 7.43. The number of sulfonamides is 1. The number of halogens is 1. The minimum Gasteiger partial charge on any atom is -0.398 e. The lowest BCUT2D eigenvalue weighted by molar-refractivity contribution is 0.278. The lowest BCUT2D eigenvalue weighted by atomic mass is 9.81. The number of hydrogen-bond acceptors (Lipinski definition) is 3. The summed E-state index contributed by atoms with van der Waals surface area (Å²) in [6.07, 6.45) is 5.85. The van der Waals surface area contributed by atoms with Gasteiger partial charge in [0.05, 0.1) is 5.69 Å². The van der Waals surface area contributed by atoms with E-state index in [0.29, 0.717) is 12.5 Å². The molecule has 0 heterocycles. The van der Waals surface area contributed by atoms with Crippen LogP contribution in [0.2, 0.25) is 0 Å². The smallest absolute Gasteiger partial charge is 0.242 e. The molecule has 0 bridgehead atoms. The van der Waals surface area contributed by atoms with E-state index in [1.54, 1.807) is 12.1 Å². The Hall–Kier alpha value is -0.590. The minimum atomic E-state index is -3.52. The average Bonchev–Trinajstić information content (AvgIpc) is 2.40. The van der Waals surface area contributed by atoms with Crippen LogP contribution in [0.5, 0.6) is 0 Å². The van der Waals surface area contributed by atoms with Crippen LogP contribution in [0.3, 0.4) is 0 Å². The molecule has 2 rings (SSSR count). The van der Waals surface area contributed by atoms with Gasteiger partial charge in [0.15, 0.2) is 0 Å². The van der Waals surface area contributed by atoms with Crippen LogP contribution in [0, 0.1) is 11.8 Å². The predicted molar refractivity (Wildman–Crippen MR) is 89.5 cm³/mol. The zero-order chi connectivity index (χ0) is 15.5. The zero-order valence-electron chi connectivity index (χ0n) is 12.3. The normalized spacial score (nSPS) is 23.1. The number of rotatable bonds is 5. The molecule has 0 spiro atoms. The van der Waals surface area contributed by atoms with E-state index >= 15 is 0 Å². The van der Waals surface area contributed by atoms with Crippen molar-refractivity contribution in [2.75, 3.05) is 12.3 Å². The number of benzene rings is 1. The van der Waals surface area contributed by atoms with E-state index in [9.17, 15) is 8.42 Å². The summed E-state index contributed by atoms with van der Waals surface area (Å²) in [5, 5.41) is 0. The molecule has 1 aliphatic rings. The van der Waals surface area contributed by atoms with Crippen LogP contribution in [-0.2, 0) is 10.0 Å². The van der Waals surface area contributed by atoms with Gasteiger partial charge in [0, 0.05) is 11.0 Å². The fraction of sp³-hybridized carbons (Fsp3) is 0.600. The number of anilines is 1. The molecule has 118 valence electrons. The van der Waals surface area contributed by atoms with Gasteiger partial charge in [0.25, 0.3) is 0 Å². The van der Waals surface area contributed by atoms with Gasteiger partial charge >= 0.3 is 0 Å². The molecule has 6 heteroatoms. The molecule has 0 radical (unpaired) electrons. The summed E-state index contributed by atoms with van der Waals surface area (Å²) in [5.74, 6) is 1.46. The molecule has 0 aliphatic heterocycles. The van der Waals surface area contributed by atoms with E-state index in [0.717, 1.165) is 16.8 Å². The number of hydrogen-bond donors (Lipinski definition) is 2. The highest BCUT2D eigenvalue weighted by Crippen LogP contribution is 2.30. The standard InChI is InChI=1S/C15H23BrN2O2S/c1-11-2-4-12(5-3-11)8-9-18-21(19,20)15-7-6-13(16)10-14(15)17/h6-7,10-12,18H,2-5,8-9,17H2,1H3. The van der Waals surface area contributed by atoms with Crippen LogP contribution in [0.25, 0.3) is 0 Å². The summed E-state index contributed by atoms with van der Waals surface area (Å²) in [6.45, 7) is 2.77. The molecule has 0 atom stereocenters. The van der Waals surface area contributed by atoms with Crippen molar-refractivity contribution in [2.24, 2.45) is 11.8 Å².